The van der Waals surface area contributed by atoms with E-state index in [0.29, 0.717) is 0 Å². The second-order valence-corrected chi connectivity index (χ2v) is 7.40. The van der Waals surface area contributed by atoms with Gasteiger partial charge in [0.1, 0.15) is 46.5 Å². The van der Waals surface area contributed by atoms with Gasteiger partial charge in [-0.2, -0.15) is 0 Å². The van der Waals surface area contributed by atoms with Gasteiger partial charge in [-0.25, -0.2) is 61.5 Å². The molecule has 0 saturated carbocycles. The Hall–Kier alpha value is -3.76. The Balaban J connectivity index is 0.000000293. The fourth-order valence-corrected chi connectivity index (χ4v) is 3.04. The zero-order chi connectivity index (χ0) is 32.1. The molecule has 0 radical (unpaired) electrons. The smallest absolute Gasteiger partial charge is 0.262 e. The summed E-state index contributed by atoms with van der Waals surface area (Å²) in [5, 5.41) is 0. The van der Waals surface area contributed by atoms with Gasteiger partial charge in [0.25, 0.3) is 0 Å². The van der Waals surface area contributed by atoms with Crippen molar-refractivity contribution in [2.45, 2.75) is 0 Å². The van der Waals surface area contributed by atoms with E-state index in [1.54, 1.807) is 0 Å². The van der Waals surface area contributed by atoms with Crippen LogP contribution in [0.1, 0.15) is 0 Å². The topological polar surface area (TPSA) is 0 Å². The van der Waals surface area contributed by atoms with Crippen LogP contribution in [-0.2, 0) is 19.5 Å². The molecule has 0 amide bonds. The SMILES string of the molecule is Fc1[c-]c(-c2c(F)c(F)c(F)c(F)c2F)c(F)c(F)c1F.Fc1[c-]c(-c2c(F)c(F)c(F)c(F)c2F)c(F)c(F)c1F.[Zn+2]. The Morgan fingerprint density at radius 2 is 0.419 bits per heavy atom. The molecule has 0 aliphatic rings. The van der Waals surface area contributed by atoms with Crippen molar-refractivity contribution in [2.24, 2.45) is 0 Å². The normalized spacial score (nSPS) is 10.8. The summed E-state index contributed by atoms with van der Waals surface area (Å²) in [7, 11) is 0. The molecule has 0 atom stereocenters. The number of rotatable bonds is 2. The largest absolute Gasteiger partial charge is 2.00 e. The Kier molecular flexibility index (Phi) is 10.6. The third-order valence-electron chi connectivity index (χ3n) is 4.98. The molecule has 0 aromatic heterocycles. The molecule has 0 fully saturated rings. The van der Waals surface area contributed by atoms with Crippen molar-refractivity contribution in [3.63, 3.8) is 0 Å². The summed E-state index contributed by atoms with van der Waals surface area (Å²) < 4.78 is 235. The van der Waals surface area contributed by atoms with Crippen LogP contribution in [0.15, 0.2) is 0 Å². The summed E-state index contributed by atoms with van der Waals surface area (Å²) in [4.78, 5) is 0. The van der Waals surface area contributed by atoms with Crippen LogP contribution in [0, 0.1) is 117 Å². The maximum Gasteiger partial charge on any atom is 2.00 e. The van der Waals surface area contributed by atoms with Crippen LogP contribution in [0.4, 0.5) is 79.0 Å². The third-order valence-corrected chi connectivity index (χ3v) is 4.98. The van der Waals surface area contributed by atoms with Crippen molar-refractivity contribution in [1.29, 1.82) is 0 Å². The van der Waals surface area contributed by atoms with Gasteiger partial charge in [0.2, 0.25) is 0 Å². The van der Waals surface area contributed by atoms with Crippen LogP contribution in [0.3, 0.4) is 0 Å². The summed E-state index contributed by atoms with van der Waals surface area (Å²) in [6.07, 6.45) is 0. The van der Waals surface area contributed by atoms with E-state index >= 15 is 0 Å². The molecule has 0 saturated heterocycles. The van der Waals surface area contributed by atoms with Crippen LogP contribution in [0.25, 0.3) is 22.3 Å². The minimum absolute atomic E-state index is 0. The van der Waals surface area contributed by atoms with E-state index in [0.717, 1.165) is 12.1 Å². The van der Waals surface area contributed by atoms with Crippen LogP contribution < -0.4 is 0 Å². The van der Waals surface area contributed by atoms with E-state index in [1.165, 1.54) is 0 Å². The Morgan fingerprint density at radius 3 is 0.651 bits per heavy atom. The van der Waals surface area contributed by atoms with Crippen molar-refractivity contribution < 1.29 is 98.5 Å². The molecule has 0 spiro atoms. The first-order valence-corrected chi connectivity index (χ1v) is 9.90. The van der Waals surface area contributed by atoms with E-state index in [2.05, 4.69) is 0 Å². The molecular formula is C24F18Zn. The molecule has 0 bridgehead atoms. The van der Waals surface area contributed by atoms with Gasteiger partial charge in [-0.1, -0.05) is 23.3 Å². The van der Waals surface area contributed by atoms with E-state index in [9.17, 15) is 79.0 Å². The third kappa shape index (κ3) is 5.90. The summed E-state index contributed by atoms with van der Waals surface area (Å²) in [5.41, 5.74) is -7.44. The number of hydrogen-bond acceptors (Lipinski definition) is 0. The number of hydrogen-bond donors (Lipinski definition) is 0. The van der Waals surface area contributed by atoms with Gasteiger partial charge in [0.15, 0.2) is 34.9 Å². The van der Waals surface area contributed by atoms with Gasteiger partial charge in [0.05, 0.1) is 23.3 Å². The summed E-state index contributed by atoms with van der Waals surface area (Å²) >= 11 is 0. The molecular weight excluding hydrogens is 696 g/mol. The summed E-state index contributed by atoms with van der Waals surface area (Å²) in [6, 6.07) is 2.13. The predicted molar refractivity (Wildman–Crippen MR) is 101 cm³/mol. The summed E-state index contributed by atoms with van der Waals surface area (Å²) in [5.74, 6) is -43.8. The first-order valence-electron chi connectivity index (χ1n) is 9.90. The average Bonchev–Trinajstić information content (AvgIpc) is 2.96. The number of benzene rings is 4. The van der Waals surface area contributed by atoms with Crippen LogP contribution in [-0.4, -0.2) is 0 Å². The average molecular weight is 696 g/mol. The molecule has 0 unspecified atom stereocenters. The summed E-state index contributed by atoms with van der Waals surface area (Å²) in [6.45, 7) is 0. The zero-order valence-corrected chi connectivity index (χ0v) is 22.5. The van der Waals surface area contributed by atoms with Crippen molar-refractivity contribution in [3.8, 4) is 22.3 Å². The Labute approximate surface area is 237 Å². The fraction of sp³-hybridized carbons (Fsp3) is 0. The van der Waals surface area contributed by atoms with E-state index in [1.807, 2.05) is 0 Å². The first-order chi connectivity index (χ1) is 19.4. The molecule has 224 valence electrons. The van der Waals surface area contributed by atoms with E-state index in [4.69, 9.17) is 0 Å². The number of halogens is 18. The Bertz CT molecular complexity index is 1580. The van der Waals surface area contributed by atoms with Crippen molar-refractivity contribution in [3.05, 3.63) is 117 Å². The fourth-order valence-electron chi connectivity index (χ4n) is 3.04. The molecule has 0 aliphatic heterocycles. The molecule has 4 aromatic carbocycles. The molecule has 0 nitrogen and oxygen atoms in total. The van der Waals surface area contributed by atoms with Gasteiger partial charge >= 0.3 is 19.5 Å². The van der Waals surface area contributed by atoms with Gasteiger partial charge in [0, 0.05) is 0 Å². The molecule has 43 heavy (non-hydrogen) atoms. The van der Waals surface area contributed by atoms with Gasteiger partial charge < -0.3 is 0 Å². The van der Waals surface area contributed by atoms with E-state index < -0.39 is 127 Å². The maximum absolute atomic E-state index is 13.4. The van der Waals surface area contributed by atoms with Crippen LogP contribution in [0.2, 0.25) is 0 Å². The van der Waals surface area contributed by atoms with Gasteiger partial charge in [-0.3, -0.25) is 17.6 Å². The standard InChI is InChI=1S/2C12F9.Zn/c2*13-3-1-2(5(14)9(18)6(3)15)4-7(16)10(19)12(21)11(20)8(4)17;/q2*-1;+2. The van der Waals surface area contributed by atoms with Crippen LogP contribution >= 0.6 is 0 Å². The van der Waals surface area contributed by atoms with Crippen molar-refractivity contribution in [1.82, 2.24) is 0 Å². The maximum atomic E-state index is 13.4. The van der Waals surface area contributed by atoms with Crippen molar-refractivity contribution in [2.75, 3.05) is 0 Å². The Morgan fingerprint density at radius 1 is 0.233 bits per heavy atom. The van der Waals surface area contributed by atoms with E-state index in [-0.39, 0.29) is 19.5 Å². The van der Waals surface area contributed by atoms with Gasteiger partial charge in [-0.15, -0.1) is 0 Å². The van der Waals surface area contributed by atoms with Crippen LogP contribution in [0.5, 0.6) is 0 Å². The quantitative estimate of drug-likeness (QED) is 0.0647. The molecule has 19 heteroatoms. The van der Waals surface area contributed by atoms with Gasteiger partial charge in [-0.05, 0) is 11.1 Å². The zero-order valence-electron chi connectivity index (χ0n) is 19.5. The molecule has 0 aliphatic carbocycles. The second-order valence-electron chi connectivity index (χ2n) is 7.40. The molecule has 4 rings (SSSR count). The predicted octanol–water partition coefficient (Wildman–Crippen LogP) is 8.81. The molecule has 0 heterocycles. The molecule has 4 aromatic rings. The van der Waals surface area contributed by atoms with Crippen molar-refractivity contribution >= 4 is 0 Å². The minimum atomic E-state index is -2.54. The minimum Gasteiger partial charge on any atom is -0.262 e. The second kappa shape index (κ2) is 12.9. The first kappa shape index (κ1) is 35.4. The molecule has 0 N–H and O–H groups in total. The monoisotopic (exact) mass is 694 g/mol.